The lowest BCUT2D eigenvalue weighted by molar-refractivity contribution is 1.56. The van der Waals surface area contributed by atoms with E-state index in [1.54, 1.807) is 0 Å². The van der Waals surface area contributed by atoms with E-state index in [1.165, 1.54) is 0 Å². The molecule has 22 heavy (non-hydrogen) atoms. The van der Waals surface area contributed by atoms with Gasteiger partial charge in [0.25, 0.3) is 0 Å². The van der Waals surface area contributed by atoms with Gasteiger partial charge < -0.3 is 11.5 Å². The third-order valence-corrected chi connectivity index (χ3v) is 3.80. The predicted molar refractivity (Wildman–Crippen MR) is 101 cm³/mol. The van der Waals surface area contributed by atoms with Gasteiger partial charge in [0, 0.05) is 15.8 Å². The van der Waals surface area contributed by atoms with Crippen LogP contribution in [0, 0.1) is 0 Å². The first kappa shape index (κ1) is 16.4. The van der Waals surface area contributed by atoms with Crippen LogP contribution in [0.15, 0.2) is 71.2 Å². The number of rotatable bonds is 2. The Bertz CT molecular complexity index is 739. The third kappa shape index (κ3) is 3.62. The first-order valence-corrected chi connectivity index (χ1v) is 7.43. The highest BCUT2D eigenvalue weighted by Crippen LogP contribution is 2.31. The molecule has 0 bridgehead atoms. The molecular weight excluding hydrogens is 360 g/mol. The lowest BCUT2D eigenvalue weighted by Crippen LogP contribution is -1.88. The van der Waals surface area contributed by atoms with Crippen molar-refractivity contribution in [3.63, 3.8) is 0 Å². The highest BCUT2D eigenvalue weighted by atomic mass is 79.9. The molecule has 0 amide bonds. The summed E-state index contributed by atoms with van der Waals surface area (Å²) < 4.78 is 1.03. The van der Waals surface area contributed by atoms with E-state index in [-0.39, 0.29) is 12.4 Å². The topological polar surface area (TPSA) is 52.0 Å². The van der Waals surface area contributed by atoms with Crippen molar-refractivity contribution in [1.29, 1.82) is 0 Å². The van der Waals surface area contributed by atoms with E-state index in [2.05, 4.69) is 46.3 Å². The summed E-state index contributed by atoms with van der Waals surface area (Å²) in [4.78, 5) is 0. The first-order chi connectivity index (χ1) is 10.1. The summed E-state index contributed by atoms with van der Waals surface area (Å²) in [5.74, 6) is 0. The molecule has 0 aliphatic carbocycles. The molecule has 112 valence electrons. The third-order valence-electron chi connectivity index (χ3n) is 3.34. The molecule has 0 saturated carbocycles. The second-order valence-corrected chi connectivity index (χ2v) is 5.90. The number of halogens is 2. The van der Waals surface area contributed by atoms with E-state index < -0.39 is 0 Å². The van der Waals surface area contributed by atoms with Crippen molar-refractivity contribution in [1.82, 2.24) is 0 Å². The zero-order chi connectivity index (χ0) is 14.8. The van der Waals surface area contributed by atoms with Crippen LogP contribution in [0.4, 0.5) is 11.4 Å². The Kier molecular flexibility index (Phi) is 5.11. The quantitative estimate of drug-likeness (QED) is 0.592. The number of anilines is 2. The molecule has 2 nitrogen and oxygen atoms in total. The minimum absolute atomic E-state index is 0. The normalized spacial score (nSPS) is 10.0. The van der Waals surface area contributed by atoms with Gasteiger partial charge in [-0.25, -0.2) is 0 Å². The van der Waals surface area contributed by atoms with Crippen molar-refractivity contribution in [2.45, 2.75) is 0 Å². The summed E-state index contributed by atoms with van der Waals surface area (Å²) in [5, 5.41) is 0. The molecule has 0 aliphatic heterocycles. The minimum Gasteiger partial charge on any atom is -0.399 e. The largest absolute Gasteiger partial charge is 0.399 e. The maximum atomic E-state index is 5.87. The van der Waals surface area contributed by atoms with Gasteiger partial charge in [-0.3, -0.25) is 0 Å². The van der Waals surface area contributed by atoms with Crippen LogP contribution in [-0.4, -0.2) is 0 Å². The van der Waals surface area contributed by atoms with E-state index in [0.29, 0.717) is 0 Å². The summed E-state index contributed by atoms with van der Waals surface area (Å²) in [7, 11) is 0. The summed E-state index contributed by atoms with van der Waals surface area (Å²) in [6.45, 7) is 0. The van der Waals surface area contributed by atoms with Crippen LogP contribution in [-0.2, 0) is 0 Å². The van der Waals surface area contributed by atoms with Gasteiger partial charge in [-0.15, -0.1) is 12.4 Å². The zero-order valence-electron chi connectivity index (χ0n) is 11.8. The van der Waals surface area contributed by atoms with Crippen LogP contribution in [0.25, 0.3) is 22.3 Å². The number of benzene rings is 3. The van der Waals surface area contributed by atoms with Gasteiger partial charge in [0.1, 0.15) is 0 Å². The lowest BCUT2D eigenvalue weighted by atomic mass is 9.98. The molecule has 4 heteroatoms. The molecule has 0 unspecified atom stereocenters. The van der Waals surface area contributed by atoms with Crippen LogP contribution in [0.1, 0.15) is 0 Å². The molecule has 3 rings (SSSR count). The van der Waals surface area contributed by atoms with Crippen LogP contribution in [0.5, 0.6) is 0 Å². The number of nitrogens with two attached hydrogens (primary N) is 2. The first-order valence-electron chi connectivity index (χ1n) is 6.64. The highest BCUT2D eigenvalue weighted by Gasteiger charge is 2.05. The molecule has 0 heterocycles. The Morgan fingerprint density at radius 2 is 1.05 bits per heavy atom. The molecule has 0 atom stereocenters. The Labute approximate surface area is 144 Å². The van der Waals surface area contributed by atoms with Crippen molar-refractivity contribution < 1.29 is 0 Å². The summed E-state index contributed by atoms with van der Waals surface area (Å²) in [6.07, 6.45) is 0. The van der Waals surface area contributed by atoms with E-state index in [1.807, 2.05) is 36.4 Å². The van der Waals surface area contributed by atoms with Crippen molar-refractivity contribution in [2.24, 2.45) is 0 Å². The fourth-order valence-electron chi connectivity index (χ4n) is 2.36. The van der Waals surface area contributed by atoms with Gasteiger partial charge >= 0.3 is 0 Å². The second kappa shape index (κ2) is 6.86. The molecule has 0 radical (unpaired) electrons. The average molecular weight is 376 g/mol. The predicted octanol–water partition coefficient (Wildman–Crippen LogP) is 5.37. The van der Waals surface area contributed by atoms with Gasteiger partial charge in [0.05, 0.1) is 0 Å². The van der Waals surface area contributed by atoms with Crippen molar-refractivity contribution >= 4 is 39.7 Å². The molecule has 0 aliphatic rings. The molecule has 3 aromatic carbocycles. The van der Waals surface area contributed by atoms with E-state index in [4.69, 9.17) is 11.5 Å². The molecule has 0 saturated heterocycles. The van der Waals surface area contributed by atoms with Crippen LogP contribution in [0.2, 0.25) is 0 Å². The van der Waals surface area contributed by atoms with Gasteiger partial charge in [-0.1, -0.05) is 40.2 Å². The van der Waals surface area contributed by atoms with E-state index in [0.717, 1.165) is 38.1 Å². The molecular formula is C18H16BrClN2. The highest BCUT2D eigenvalue weighted by molar-refractivity contribution is 9.10. The Hall–Kier alpha value is -1.97. The number of hydrogen-bond donors (Lipinski definition) is 2. The maximum absolute atomic E-state index is 5.87. The fourth-order valence-corrected chi connectivity index (χ4v) is 2.85. The van der Waals surface area contributed by atoms with Gasteiger partial charge in [-0.05, 0) is 64.7 Å². The summed E-state index contributed by atoms with van der Waals surface area (Å²) >= 11 is 3.58. The van der Waals surface area contributed by atoms with Crippen molar-refractivity contribution in [2.75, 3.05) is 11.5 Å². The van der Waals surface area contributed by atoms with Gasteiger partial charge in [-0.2, -0.15) is 0 Å². The zero-order valence-corrected chi connectivity index (χ0v) is 14.2. The molecule has 0 fully saturated rings. The van der Waals surface area contributed by atoms with E-state index in [9.17, 15) is 0 Å². The monoisotopic (exact) mass is 374 g/mol. The smallest absolute Gasteiger partial charge is 0.0320 e. The SMILES string of the molecule is Cl.Nc1cccc(-c2cc(Br)cc(-c3cccc(N)c3)c2)c1. The Balaban J connectivity index is 0.00000176. The maximum Gasteiger partial charge on any atom is 0.0320 e. The molecule has 4 N–H and O–H groups in total. The van der Waals surface area contributed by atoms with Crippen LogP contribution in [0.3, 0.4) is 0 Å². The standard InChI is InChI=1S/C18H15BrN2.ClH/c19-16-8-14(12-3-1-5-17(20)10-12)7-15(9-16)13-4-2-6-18(21)11-13;/h1-11H,20-21H2;1H. The number of hydrogen-bond acceptors (Lipinski definition) is 2. The molecule has 3 aromatic rings. The van der Waals surface area contributed by atoms with Crippen LogP contribution < -0.4 is 11.5 Å². The van der Waals surface area contributed by atoms with Gasteiger partial charge in [0.2, 0.25) is 0 Å². The van der Waals surface area contributed by atoms with E-state index >= 15 is 0 Å². The fraction of sp³-hybridized carbons (Fsp3) is 0. The van der Waals surface area contributed by atoms with Gasteiger partial charge in [0.15, 0.2) is 0 Å². The number of nitrogen functional groups attached to an aromatic ring is 2. The summed E-state index contributed by atoms with van der Waals surface area (Å²) in [6, 6.07) is 22.1. The van der Waals surface area contributed by atoms with Crippen molar-refractivity contribution in [3.8, 4) is 22.3 Å². The molecule has 0 aromatic heterocycles. The van der Waals surface area contributed by atoms with Crippen LogP contribution >= 0.6 is 28.3 Å². The average Bonchev–Trinajstić information content (AvgIpc) is 2.46. The second-order valence-electron chi connectivity index (χ2n) is 4.98. The lowest BCUT2D eigenvalue weighted by Gasteiger charge is -2.09. The molecule has 0 spiro atoms. The van der Waals surface area contributed by atoms with Crippen molar-refractivity contribution in [3.05, 3.63) is 71.2 Å². The minimum atomic E-state index is 0. The Morgan fingerprint density at radius 1 is 0.591 bits per heavy atom. The summed E-state index contributed by atoms with van der Waals surface area (Å²) in [5.41, 5.74) is 17.7. The Morgan fingerprint density at radius 3 is 1.45 bits per heavy atom.